The van der Waals surface area contributed by atoms with Crippen molar-refractivity contribution in [1.82, 2.24) is 29.3 Å². The number of ether oxygens (including phenoxy) is 4. The molecule has 0 aliphatic heterocycles. The topological polar surface area (TPSA) is 266 Å². The van der Waals surface area contributed by atoms with Crippen molar-refractivity contribution in [3.63, 3.8) is 0 Å². The molecule has 0 bridgehead atoms. The zero-order valence-electron chi connectivity index (χ0n) is 41.2. The predicted octanol–water partition coefficient (Wildman–Crippen LogP) is 10.2. The van der Waals surface area contributed by atoms with E-state index in [1.54, 1.807) is 89.4 Å². The Morgan fingerprint density at radius 2 is 0.948 bits per heavy atom. The number of benzene rings is 6. The van der Waals surface area contributed by atoms with E-state index in [-0.39, 0.29) is 54.3 Å². The molecular formula is C50H51B2Br5N7O12S. The van der Waals surface area contributed by atoms with Crippen molar-refractivity contribution in [1.29, 1.82) is 0 Å². The van der Waals surface area contributed by atoms with Gasteiger partial charge in [-0.25, -0.2) is 0 Å². The minimum absolute atomic E-state index is 0. The number of aliphatic hydroxyl groups is 1. The van der Waals surface area contributed by atoms with Gasteiger partial charge < -0.3 is 44.8 Å². The fourth-order valence-corrected chi connectivity index (χ4v) is 7.81. The number of phenols is 3. The van der Waals surface area contributed by atoms with E-state index in [0.29, 0.717) is 44.7 Å². The number of fused-ring (bicyclic) bond motifs is 3. The van der Waals surface area contributed by atoms with E-state index >= 15 is 0 Å². The summed E-state index contributed by atoms with van der Waals surface area (Å²) in [5.41, 5.74) is 2.82. The molecule has 27 heteroatoms. The van der Waals surface area contributed by atoms with Gasteiger partial charge in [-0.1, -0.05) is 7.43 Å². The van der Waals surface area contributed by atoms with Gasteiger partial charge in [-0.3, -0.25) is 14.4 Å². The van der Waals surface area contributed by atoms with E-state index in [1.807, 2.05) is 32.0 Å². The van der Waals surface area contributed by atoms with Crippen LogP contribution < -0.4 is 35.6 Å². The van der Waals surface area contributed by atoms with Crippen LogP contribution in [0.4, 0.5) is 0 Å². The zero-order valence-corrected chi connectivity index (χ0v) is 50.1. The third-order valence-electron chi connectivity index (χ3n) is 10.3. The molecule has 0 spiro atoms. The molecule has 19 nitrogen and oxygen atoms in total. The molecule has 0 amide bonds. The van der Waals surface area contributed by atoms with Crippen molar-refractivity contribution in [2.45, 2.75) is 21.3 Å². The number of halogens is 5. The molecule has 0 atom stereocenters. The van der Waals surface area contributed by atoms with E-state index in [1.165, 1.54) is 39.8 Å². The van der Waals surface area contributed by atoms with Gasteiger partial charge in [-0.15, -0.1) is 47.3 Å². The van der Waals surface area contributed by atoms with Crippen LogP contribution in [0.25, 0.3) is 49.4 Å². The molecule has 6 aromatic carbocycles. The van der Waals surface area contributed by atoms with E-state index in [2.05, 4.69) is 119 Å². The third kappa shape index (κ3) is 16.7. The van der Waals surface area contributed by atoms with Crippen molar-refractivity contribution in [3.05, 3.63) is 167 Å². The van der Waals surface area contributed by atoms with Crippen LogP contribution in [0, 0.1) is 13.8 Å². The van der Waals surface area contributed by atoms with Crippen molar-refractivity contribution >= 4 is 135 Å². The number of rotatable bonds is 7. The van der Waals surface area contributed by atoms with Gasteiger partial charge in [0.25, 0.3) is 16.7 Å². The van der Waals surface area contributed by atoms with Gasteiger partial charge in [0.05, 0.1) is 84.7 Å². The Hall–Kier alpha value is -6.06. The Bertz CT molecular complexity index is 3600. The van der Waals surface area contributed by atoms with Crippen molar-refractivity contribution in [3.8, 4) is 57.3 Å². The molecule has 0 fully saturated rings. The average Bonchev–Trinajstić information content (AvgIpc) is 3.40. The van der Waals surface area contributed by atoms with Crippen LogP contribution in [-0.4, -0.2) is 102 Å². The molecular weight excluding hydrogens is 1340 g/mol. The number of hydrogen-bond acceptors (Lipinski definition) is 16. The van der Waals surface area contributed by atoms with Crippen LogP contribution in [0.1, 0.15) is 18.6 Å². The number of aromatic hydroxyl groups is 3. The summed E-state index contributed by atoms with van der Waals surface area (Å²) < 4.78 is 28.9. The van der Waals surface area contributed by atoms with E-state index in [4.69, 9.17) is 24.1 Å². The molecule has 6 N–H and O–H groups in total. The second kappa shape index (κ2) is 32.0. The maximum atomic E-state index is 12.9. The summed E-state index contributed by atoms with van der Waals surface area (Å²) >= 11 is 19.2. The Kier molecular flexibility index (Phi) is 27.9. The summed E-state index contributed by atoms with van der Waals surface area (Å²) in [4.78, 5) is 38.1. The first-order valence-corrected chi connectivity index (χ1v) is 26.0. The summed E-state index contributed by atoms with van der Waals surface area (Å²) in [7, 11) is 11.7. The summed E-state index contributed by atoms with van der Waals surface area (Å²) in [5, 5.41) is 51.3. The summed E-state index contributed by atoms with van der Waals surface area (Å²) in [5.74, 6) is 2.11. The van der Waals surface area contributed by atoms with E-state index in [0.717, 1.165) is 55.7 Å². The van der Waals surface area contributed by atoms with Crippen LogP contribution in [0.5, 0.6) is 40.2 Å². The van der Waals surface area contributed by atoms with Crippen LogP contribution in [0.3, 0.4) is 0 Å². The molecule has 3 heterocycles. The number of methoxy groups -OCH3 is 4. The monoisotopic (exact) mass is 1390 g/mol. The number of aromatic nitrogens is 6. The number of nitrogens with zero attached hydrogens (tertiary/aromatic N) is 7. The number of aryl methyl sites for hydroxylation is 2. The van der Waals surface area contributed by atoms with Gasteiger partial charge in [0.2, 0.25) is 0 Å². The first-order chi connectivity index (χ1) is 35.8. The zero-order chi connectivity index (χ0) is 55.7. The van der Waals surface area contributed by atoms with E-state index < -0.39 is 5.56 Å². The standard InChI is InChI=1S/C17H15BrN2O3.C17H16N2O3.C14H9BrN2O4.CH4O.CH4.BBr3.BHNS.H2O/c1-10-8-14(23-3)15-13(16(10)18)9-19-20(17(15)21)11-4-6-12(22-2)7-5-11;1-11-8-12-10-18-19(13-4-6-14(21-2)7-5-13)17(20)16(12)15(9-11)22-3;15-13-9-6-16-17(7-1-3-8(18)4-2-7)14(21)12(9)10(19)5-11(13)20;1-2;;2-1(3)4;1-2-3;/h4-9H,1-3H3;4-10H,1-3H3;1-6,18-20H;2H,1H3;1H4;;3H;1H2. The molecule has 9 rings (SSSR count). The fraction of sp³-hybridized carbons (Fsp3) is 0.160. The van der Waals surface area contributed by atoms with Gasteiger partial charge >= 0.3 is 27.9 Å². The molecule has 0 aliphatic carbocycles. The summed E-state index contributed by atoms with van der Waals surface area (Å²) in [6.45, 7) is 3.90. The van der Waals surface area contributed by atoms with Crippen molar-refractivity contribution in [2.75, 3.05) is 35.5 Å². The normalized spacial score (nSPS) is 9.83. The molecule has 0 unspecified atom stereocenters. The van der Waals surface area contributed by atoms with Gasteiger partial charge in [0.15, 0.2) is 0 Å². The molecule has 9 aromatic rings. The number of phenolic OH excluding ortho intramolecular Hbond substituents is 3. The SMILES string of the molecule is BrB(Br)Br.C.CO.COc1ccc(-n2ncc3c(Br)c(C)cc(OC)c3c2=O)cc1.COc1ccc(-n2ncc3cc(C)cc(OC)c3c2=O)cc1.O.O=c1c2c(O)cc(O)c(Br)c2cnn1-c1ccc(O)cc1.[B]=NS. The molecule has 405 valence electrons. The second-order valence-electron chi connectivity index (χ2n) is 14.8. The molecule has 0 saturated heterocycles. The van der Waals surface area contributed by atoms with Crippen molar-refractivity contribution < 1.29 is 44.8 Å². The van der Waals surface area contributed by atoms with Gasteiger partial charge in [-0.2, -0.15) is 29.3 Å². The maximum absolute atomic E-state index is 12.9. The van der Waals surface area contributed by atoms with Gasteiger partial charge in [-0.05, 0) is 148 Å². The average molecular weight is 1400 g/mol. The molecule has 77 heavy (non-hydrogen) atoms. The van der Waals surface area contributed by atoms with Gasteiger partial charge in [0.1, 0.15) is 40.2 Å². The first kappa shape index (κ1) is 67.1. The van der Waals surface area contributed by atoms with Gasteiger partial charge in [0, 0.05) is 33.8 Å². The van der Waals surface area contributed by atoms with Crippen molar-refractivity contribution in [2.24, 2.45) is 4.30 Å². The quantitative estimate of drug-likeness (QED) is 0.0734. The molecule has 3 aromatic heterocycles. The Balaban J connectivity index is 0.000000362. The van der Waals surface area contributed by atoms with E-state index in [9.17, 15) is 29.7 Å². The molecule has 1 radical (unpaired) electrons. The van der Waals surface area contributed by atoms with Crippen LogP contribution >= 0.6 is 91.9 Å². The summed E-state index contributed by atoms with van der Waals surface area (Å²) in [6, 6.07) is 26.9. The second-order valence-corrected chi connectivity index (χ2v) is 23.1. The minimum atomic E-state index is -0.531. The Morgan fingerprint density at radius 1 is 0.571 bits per heavy atom. The van der Waals surface area contributed by atoms with Crippen LogP contribution in [0.15, 0.2) is 143 Å². The van der Waals surface area contributed by atoms with Crippen LogP contribution in [0.2, 0.25) is 0 Å². The first-order valence-electron chi connectivity index (χ1n) is 21.3. The van der Waals surface area contributed by atoms with Crippen LogP contribution in [-0.2, 0) is 0 Å². The number of hydrogen-bond donors (Lipinski definition) is 5. The Labute approximate surface area is 490 Å². The summed E-state index contributed by atoms with van der Waals surface area (Å²) in [6.07, 6.45) is 4.71. The molecule has 0 saturated carbocycles. The fourth-order valence-electron chi connectivity index (χ4n) is 6.98. The third-order valence-corrected chi connectivity index (χ3v) is 12.2. The Morgan fingerprint density at radius 3 is 1.38 bits per heavy atom. The number of aliphatic hydroxyl groups excluding tert-OH is 1. The molecule has 0 aliphatic rings. The predicted molar refractivity (Wildman–Crippen MR) is 326 cm³/mol. The number of thiol groups is 1.